The van der Waals surface area contributed by atoms with E-state index in [1.807, 2.05) is 12.1 Å². The molecule has 6 heteroatoms. The van der Waals surface area contributed by atoms with E-state index in [-0.39, 0.29) is 11.7 Å². The van der Waals surface area contributed by atoms with Crippen LogP contribution < -0.4 is 5.32 Å². The molecule has 1 aromatic carbocycles. The standard InChI is InChI=1S/C19H19FN2O3/c1-14(19(24)22-13-10-16-8-11-21-12-9-16)25-18(23)7-4-15-2-5-17(20)6-3-15/h2-9,11-12,14H,10,13H2,1H3,(H,22,24)/b7-4+. The Morgan fingerprint density at radius 1 is 1.20 bits per heavy atom. The fourth-order valence-corrected chi connectivity index (χ4v) is 2.03. The van der Waals surface area contributed by atoms with E-state index in [1.54, 1.807) is 12.4 Å². The highest BCUT2D eigenvalue weighted by Crippen LogP contribution is 2.05. The first kappa shape index (κ1) is 18.3. The summed E-state index contributed by atoms with van der Waals surface area (Å²) in [5.74, 6) is -1.35. The van der Waals surface area contributed by atoms with Crippen molar-refractivity contribution in [3.8, 4) is 0 Å². The number of pyridine rings is 1. The molecule has 0 spiro atoms. The number of hydrogen-bond donors (Lipinski definition) is 1. The topological polar surface area (TPSA) is 68.3 Å². The van der Waals surface area contributed by atoms with E-state index in [1.165, 1.54) is 43.3 Å². The number of carbonyl (C=O) groups excluding carboxylic acids is 2. The minimum absolute atomic E-state index is 0.350. The number of esters is 1. The maximum absolute atomic E-state index is 12.8. The van der Waals surface area contributed by atoms with E-state index in [2.05, 4.69) is 10.3 Å². The Morgan fingerprint density at radius 3 is 2.56 bits per heavy atom. The van der Waals surface area contributed by atoms with Crippen LogP contribution in [0.3, 0.4) is 0 Å². The largest absolute Gasteiger partial charge is 0.449 e. The van der Waals surface area contributed by atoms with Gasteiger partial charge in [0.2, 0.25) is 0 Å². The van der Waals surface area contributed by atoms with E-state index < -0.39 is 12.1 Å². The third-order valence-corrected chi connectivity index (χ3v) is 3.41. The second kappa shape index (κ2) is 9.32. The maximum Gasteiger partial charge on any atom is 0.331 e. The highest BCUT2D eigenvalue weighted by molar-refractivity contribution is 5.90. The van der Waals surface area contributed by atoms with Gasteiger partial charge in [0.25, 0.3) is 5.91 Å². The molecule has 0 fully saturated rings. The van der Waals surface area contributed by atoms with Gasteiger partial charge in [-0.15, -0.1) is 0 Å². The molecular formula is C19H19FN2O3. The molecule has 130 valence electrons. The van der Waals surface area contributed by atoms with Crippen LogP contribution in [0.2, 0.25) is 0 Å². The SMILES string of the molecule is CC(OC(=O)/C=C/c1ccc(F)cc1)C(=O)NCCc1ccncc1. The number of carbonyl (C=O) groups is 2. The van der Waals surface area contributed by atoms with E-state index in [4.69, 9.17) is 4.74 Å². The Hall–Kier alpha value is -3.02. The molecule has 1 atom stereocenters. The lowest BCUT2D eigenvalue weighted by Crippen LogP contribution is -2.36. The zero-order valence-corrected chi connectivity index (χ0v) is 13.8. The quantitative estimate of drug-likeness (QED) is 0.620. The van der Waals surface area contributed by atoms with Gasteiger partial charge >= 0.3 is 5.97 Å². The number of nitrogens with zero attached hydrogens (tertiary/aromatic N) is 1. The number of halogens is 1. The first-order chi connectivity index (χ1) is 12.0. The van der Waals surface area contributed by atoms with Crippen molar-refractivity contribution in [2.45, 2.75) is 19.4 Å². The Morgan fingerprint density at radius 2 is 1.88 bits per heavy atom. The zero-order chi connectivity index (χ0) is 18.1. The van der Waals surface area contributed by atoms with Crippen LogP contribution in [0, 0.1) is 5.82 Å². The summed E-state index contributed by atoms with van der Waals surface area (Å²) in [7, 11) is 0. The van der Waals surface area contributed by atoms with Crippen LogP contribution in [-0.2, 0) is 20.7 Å². The van der Waals surface area contributed by atoms with E-state index in [0.717, 1.165) is 5.56 Å². The van der Waals surface area contributed by atoms with Gasteiger partial charge in [-0.2, -0.15) is 0 Å². The highest BCUT2D eigenvalue weighted by Gasteiger charge is 2.15. The Balaban J connectivity index is 1.74. The molecule has 5 nitrogen and oxygen atoms in total. The van der Waals surface area contributed by atoms with Crippen LogP contribution in [0.1, 0.15) is 18.1 Å². The van der Waals surface area contributed by atoms with Crippen LogP contribution in [0.25, 0.3) is 6.08 Å². The maximum atomic E-state index is 12.8. The molecule has 1 amide bonds. The molecule has 2 rings (SSSR count). The minimum atomic E-state index is -0.900. The van der Waals surface area contributed by atoms with Gasteiger partial charge in [-0.05, 0) is 54.8 Å². The van der Waals surface area contributed by atoms with E-state index >= 15 is 0 Å². The van der Waals surface area contributed by atoms with Crippen LogP contribution in [0.15, 0.2) is 54.9 Å². The van der Waals surface area contributed by atoms with Crippen molar-refractivity contribution in [3.63, 3.8) is 0 Å². The smallest absolute Gasteiger partial charge is 0.331 e. The van der Waals surface area contributed by atoms with Crippen molar-refractivity contribution in [1.29, 1.82) is 0 Å². The molecule has 1 heterocycles. The average molecular weight is 342 g/mol. The molecule has 0 aliphatic carbocycles. The molecule has 2 aromatic rings. The fourth-order valence-electron chi connectivity index (χ4n) is 2.03. The number of benzene rings is 1. The molecule has 0 bridgehead atoms. The molecule has 1 N–H and O–H groups in total. The normalized spacial score (nSPS) is 11.9. The first-order valence-electron chi connectivity index (χ1n) is 7.85. The lowest BCUT2D eigenvalue weighted by Gasteiger charge is -2.12. The average Bonchev–Trinajstić information content (AvgIpc) is 2.62. The molecule has 1 aromatic heterocycles. The molecule has 25 heavy (non-hydrogen) atoms. The second-order valence-corrected chi connectivity index (χ2v) is 5.36. The van der Waals surface area contributed by atoms with Crippen molar-refractivity contribution >= 4 is 18.0 Å². The van der Waals surface area contributed by atoms with Crippen molar-refractivity contribution in [1.82, 2.24) is 10.3 Å². The molecule has 0 aliphatic heterocycles. The number of ether oxygens (including phenoxy) is 1. The molecule has 0 saturated carbocycles. The summed E-state index contributed by atoms with van der Waals surface area (Å²) in [6, 6.07) is 9.40. The summed E-state index contributed by atoms with van der Waals surface area (Å²) in [5, 5.41) is 2.71. The number of rotatable bonds is 7. The van der Waals surface area contributed by atoms with Gasteiger partial charge in [-0.3, -0.25) is 9.78 Å². The Bertz CT molecular complexity index is 730. The molecule has 0 aliphatic rings. The molecule has 1 unspecified atom stereocenters. The Labute approximate surface area is 145 Å². The summed E-state index contributed by atoms with van der Waals surface area (Å²) >= 11 is 0. The van der Waals surface area contributed by atoms with Gasteiger partial charge in [-0.1, -0.05) is 12.1 Å². The van der Waals surface area contributed by atoms with Crippen molar-refractivity contribution < 1.29 is 18.7 Å². The number of nitrogens with one attached hydrogen (secondary N) is 1. The van der Waals surface area contributed by atoms with Gasteiger partial charge in [0.1, 0.15) is 5.82 Å². The van der Waals surface area contributed by atoms with Gasteiger partial charge in [0.15, 0.2) is 6.10 Å². The lowest BCUT2D eigenvalue weighted by atomic mass is 10.2. The van der Waals surface area contributed by atoms with Crippen LogP contribution in [0.5, 0.6) is 0 Å². The van der Waals surface area contributed by atoms with E-state index in [9.17, 15) is 14.0 Å². The third-order valence-electron chi connectivity index (χ3n) is 3.41. The van der Waals surface area contributed by atoms with Crippen LogP contribution >= 0.6 is 0 Å². The monoisotopic (exact) mass is 342 g/mol. The second-order valence-electron chi connectivity index (χ2n) is 5.36. The van der Waals surface area contributed by atoms with Crippen LogP contribution in [0.4, 0.5) is 4.39 Å². The zero-order valence-electron chi connectivity index (χ0n) is 13.8. The predicted molar refractivity (Wildman–Crippen MR) is 91.9 cm³/mol. The number of hydrogen-bond acceptors (Lipinski definition) is 4. The predicted octanol–water partition coefficient (Wildman–Crippen LogP) is 2.52. The fraction of sp³-hybridized carbons (Fsp3) is 0.211. The third kappa shape index (κ3) is 6.55. The summed E-state index contributed by atoms with van der Waals surface area (Å²) in [6.07, 6.45) is 5.84. The van der Waals surface area contributed by atoms with Gasteiger partial charge in [-0.25, -0.2) is 9.18 Å². The van der Waals surface area contributed by atoms with Crippen molar-refractivity contribution in [2.75, 3.05) is 6.54 Å². The highest BCUT2D eigenvalue weighted by atomic mass is 19.1. The number of amides is 1. The Kier molecular flexibility index (Phi) is 6.83. The van der Waals surface area contributed by atoms with Gasteiger partial charge in [0.05, 0.1) is 0 Å². The van der Waals surface area contributed by atoms with Crippen LogP contribution in [-0.4, -0.2) is 29.5 Å². The van der Waals surface area contributed by atoms with Gasteiger partial charge in [0, 0.05) is 25.0 Å². The molecule has 0 saturated heterocycles. The number of aromatic nitrogens is 1. The minimum Gasteiger partial charge on any atom is -0.449 e. The summed E-state index contributed by atoms with van der Waals surface area (Å²) in [5.41, 5.74) is 1.72. The summed E-state index contributed by atoms with van der Waals surface area (Å²) in [6.45, 7) is 1.95. The first-order valence-corrected chi connectivity index (χ1v) is 7.85. The molecular weight excluding hydrogens is 323 g/mol. The molecule has 0 radical (unpaired) electrons. The van der Waals surface area contributed by atoms with Crippen molar-refractivity contribution in [3.05, 3.63) is 71.8 Å². The van der Waals surface area contributed by atoms with Crippen molar-refractivity contribution in [2.24, 2.45) is 0 Å². The van der Waals surface area contributed by atoms with E-state index in [0.29, 0.717) is 18.5 Å². The summed E-state index contributed by atoms with van der Waals surface area (Å²) < 4.78 is 17.8. The van der Waals surface area contributed by atoms with Gasteiger partial charge < -0.3 is 10.1 Å². The lowest BCUT2D eigenvalue weighted by molar-refractivity contribution is -0.150. The summed E-state index contributed by atoms with van der Waals surface area (Å²) in [4.78, 5) is 27.6.